The summed E-state index contributed by atoms with van der Waals surface area (Å²) >= 11 is 0. The molecule has 0 aliphatic carbocycles. The summed E-state index contributed by atoms with van der Waals surface area (Å²) in [4.78, 5) is 0. The summed E-state index contributed by atoms with van der Waals surface area (Å²) in [6.45, 7) is 4.66. The zero-order valence-electron chi connectivity index (χ0n) is 7.34. The highest BCUT2D eigenvalue weighted by Gasteiger charge is 2.04. The predicted molar refractivity (Wildman–Crippen MR) is 50.5 cm³/mol. The van der Waals surface area contributed by atoms with Crippen LogP contribution in [0.15, 0.2) is 12.7 Å². The molecule has 12 heavy (non-hydrogen) atoms. The molecule has 0 amide bonds. The van der Waals surface area contributed by atoms with E-state index in [-0.39, 0.29) is 5.75 Å². The minimum atomic E-state index is -3.11. The molecule has 0 rings (SSSR count). The van der Waals surface area contributed by atoms with Gasteiger partial charge in [-0.25, -0.2) is 13.1 Å². The summed E-state index contributed by atoms with van der Waals surface area (Å²) in [6.07, 6.45) is 2.17. The van der Waals surface area contributed by atoms with Crippen LogP contribution in [0.4, 0.5) is 0 Å². The number of rotatable bonds is 7. The zero-order valence-corrected chi connectivity index (χ0v) is 8.15. The van der Waals surface area contributed by atoms with Crippen molar-refractivity contribution in [2.75, 3.05) is 25.9 Å². The molecule has 0 aliphatic heterocycles. The third-order valence-corrected chi connectivity index (χ3v) is 2.58. The van der Waals surface area contributed by atoms with Crippen molar-refractivity contribution in [3.8, 4) is 0 Å². The van der Waals surface area contributed by atoms with Crippen molar-refractivity contribution in [3.63, 3.8) is 0 Å². The highest BCUT2D eigenvalue weighted by Crippen LogP contribution is 1.84. The molecular formula is C7H16N2O2S. The van der Waals surface area contributed by atoms with Gasteiger partial charge in [0.25, 0.3) is 0 Å². The van der Waals surface area contributed by atoms with Gasteiger partial charge < -0.3 is 5.32 Å². The second-order valence-corrected chi connectivity index (χ2v) is 4.27. The number of hydrogen-bond acceptors (Lipinski definition) is 3. The molecule has 5 heteroatoms. The fourth-order valence-electron chi connectivity index (χ4n) is 0.707. The predicted octanol–water partition coefficient (Wildman–Crippen LogP) is -0.299. The SMILES string of the molecule is C=CCS(=O)(=O)NCCCNC. The van der Waals surface area contributed by atoms with Crippen LogP contribution in [0.1, 0.15) is 6.42 Å². The maximum Gasteiger partial charge on any atom is 0.215 e. The van der Waals surface area contributed by atoms with Crippen LogP contribution in [0.5, 0.6) is 0 Å². The van der Waals surface area contributed by atoms with E-state index in [1.165, 1.54) is 6.08 Å². The van der Waals surface area contributed by atoms with E-state index < -0.39 is 10.0 Å². The highest BCUT2D eigenvalue weighted by molar-refractivity contribution is 7.89. The van der Waals surface area contributed by atoms with Crippen molar-refractivity contribution in [1.82, 2.24) is 10.0 Å². The molecule has 0 radical (unpaired) electrons. The molecule has 72 valence electrons. The van der Waals surface area contributed by atoms with E-state index in [0.29, 0.717) is 6.54 Å². The Morgan fingerprint density at radius 1 is 1.42 bits per heavy atom. The lowest BCUT2D eigenvalue weighted by Crippen LogP contribution is -2.28. The maximum absolute atomic E-state index is 11.0. The van der Waals surface area contributed by atoms with Gasteiger partial charge in [0.2, 0.25) is 10.0 Å². The molecule has 4 nitrogen and oxygen atoms in total. The fraction of sp³-hybridized carbons (Fsp3) is 0.714. The lowest BCUT2D eigenvalue weighted by atomic mass is 10.4. The van der Waals surface area contributed by atoms with Crippen LogP contribution in [0.3, 0.4) is 0 Å². The number of nitrogens with one attached hydrogen (secondary N) is 2. The van der Waals surface area contributed by atoms with Gasteiger partial charge in [-0.3, -0.25) is 0 Å². The van der Waals surface area contributed by atoms with Crippen molar-refractivity contribution in [2.24, 2.45) is 0 Å². The molecule has 0 saturated carbocycles. The first-order valence-corrected chi connectivity index (χ1v) is 5.50. The van der Waals surface area contributed by atoms with Gasteiger partial charge in [-0.1, -0.05) is 6.08 Å². The average molecular weight is 192 g/mol. The minimum absolute atomic E-state index is 0.00739. The van der Waals surface area contributed by atoms with Crippen LogP contribution in [-0.4, -0.2) is 34.3 Å². The fourth-order valence-corrected chi connectivity index (χ4v) is 1.59. The summed E-state index contributed by atoms with van der Waals surface area (Å²) in [5.74, 6) is -0.00739. The van der Waals surface area contributed by atoms with Gasteiger partial charge in [0.15, 0.2) is 0 Å². The third kappa shape index (κ3) is 6.33. The number of hydrogen-bond donors (Lipinski definition) is 2. The van der Waals surface area contributed by atoms with Gasteiger partial charge in [-0.05, 0) is 20.0 Å². The van der Waals surface area contributed by atoms with Gasteiger partial charge in [0.05, 0.1) is 5.75 Å². The maximum atomic E-state index is 11.0. The van der Waals surface area contributed by atoms with Crippen molar-refractivity contribution in [2.45, 2.75) is 6.42 Å². The van der Waals surface area contributed by atoms with E-state index in [0.717, 1.165) is 13.0 Å². The largest absolute Gasteiger partial charge is 0.320 e. The van der Waals surface area contributed by atoms with Crippen LogP contribution >= 0.6 is 0 Å². The van der Waals surface area contributed by atoms with Crippen LogP contribution < -0.4 is 10.0 Å². The van der Waals surface area contributed by atoms with Crippen molar-refractivity contribution in [1.29, 1.82) is 0 Å². The van der Waals surface area contributed by atoms with E-state index in [1.54, 1.807) is 0 Å². The van der Waals surface area contributed by atoms with Crippen molar-refractivity contribution >= 4 is 10.0 Å². The molecule has 0 aliphatic rings. The van der Waals surface area contributed by atoms with Gasteiger partial charge in [0.1, 0.15) is 0 Å². The Bertz CT molecular complexity index is 211. The first-order chi connectivity index (χ1) is 5.62. The molecule has 0 aromatic carbocycles. The van der Waals surface area contributed by atoms with Gasteiger partial charge >= 0.3 is 0 Å². The lowest BCUT2D eigenvalue weighted by Gasteiger charge is -2.03. The third-order valence-electron chi connectivity index (χ3n) is 1.26. The van der Waals surface area contributed by atoms with Crippen LogP contribution in [0.25, 0.3) is 0 Å². The smallest absolute Gasteiger partial charge is 0.215 e. The molecule has 0 atom stereocenters. The number of sulfonamides is 1. The molecule has 0 bridgehead atoms. The van der Waals surface area contributed by atoms with E-state index in [4.69, 9.17) is 0 Å². The second-order valence-electron chi connectivity index (χ2n) is 2.42. The highest BCUT2D eigenvalue weighted by atomic mass is 32.2. The van der Waals surface area contributed by atoms with Crippen molar-refractivity contribution in [3.05, 3.63) is 12.7 Å². The molecule has 0 saturated heterocycles. The van der Waals surface area contributed by atoms with E-state index >= 15 is 0 Å². The summed E-state index contributed by atoms with van der Waals surface area (Å²) in [7, 11) is -1.28. The monoisotopic (exact) mass is 192 g/mol. The van der Waals surface area contributed by atoms with E-state index in [1.807, 2.05) is 7.05 Å². The quantitative estimate of drug-likeness (QED) is 0.430. The molecule has 2 N–H and O–H groups in total. The van der Waals surface area contributed by atoms with Crippen LogP contribution in [-0.2, 0) is 10.0 Å². The van der Waals surface area contributed by atoms with Crippen molar-refractivity contribution < 1.29 is 8.42 Å². The Morgan fingerprint density at radius 2 is 2.08 bits per heavy atom. The van der Waals surface area contributed by atoms with Crippen LogP contribution in [0, 0.1) is 0 Å². The van der Waals surface area contributed by atoms with Gasteiger partial charge in [-0.2, -0.15) is 0 Å². The van der Waals surface area contributed by atoms with E-state index in [9.17, 15) is 8.42 Å². The van der Waals surface area contributed by atoms with Gasteiger partial charge in [-0.15, -0.1) is 6.58 Å². The first-order valence-electron chi connectivity index (χ1n) is 3.85. The molecule has 0 unspecified atom stereocenters. The molecule has 0 aromatic rings. The first kappa shape index (κ1) is 11.6. The summed E-state index contributed by atoms with van der Waals surface area (Å²) in [5, 5.41) is 2.93. The normalized spacial score (nSPS) is 11.4. The topological polar surface area (TPSA) is 58.2 Å². The molecule has 0 spiro atoms. The Kier molecular flexibility index (Phi) is 5.96. The molecule has 0 fully saturated rings. The average Bonchev–Trinajstić information content (AvgIpc) is 1.98. The Hall–Kier alpha value is -0.390. The minimum Gasteiger partial charge on any atom is -0.320 e. The molecule has 0 heterocycles. The standard InChI is InChI=1S/C7H16N2O2S/c1-3-7-12(10,11)9-6-4-5-8-2/h3,8-9H,1,4-7H2,2H3. The summed E-state index contributed by atoms with van der Waals surface area (Å²) in [5.41, 5.74) is 0. The molecule has 0 aromatic heterocycles. The Balaban J connectivity index is 3.55. The summed E-state index contributed by atoms with van der Waals surface area (Å²) in [6, 6.07) is 0. The Morgan fingerprint density at radius 3 is 2.58 bits per heavy atom. The Labute approximate surface area is 74.1 Å². The van der Waals surface area contributed by atoms with Gasteiger partial charge in [0, 0.05) is 6.54 Å². The van der Waals surface area contributed by atoms with Crippen LogP contribution in [0.2, 0.25) is 0 Å². The summed E-state index contributed by atoms with van der Waals surface area (Å²) < 4.78 is 24.4. The molecular weight excluding hydrogens is 176 g/mol. The lowest BCUT2D eigenvalue weighted by molar-refractivity contribution is 0.580. The zero-order chi connectivity index (χ0) is 9.45. The second kappa shape index (κ2) is 6.16. The van der Waals surface area contributed by atoms with E-state index in [2.05, 4.69) is 16.6 Å².